The van der Waals surface area contributed by atoms with E-state index in [4.69, 9.17) is 4.42 Å². The van der Waals surface area contributed by atoms with Crippen LogP contribution in [0.3, 0.4) is 0 Å². The van der Waals surface area contributed by atoms with Crippen molar-refractivity contribution in [1.82, 2.24) is 5.32 Å². The summed E-state index contributed by atoms with van der Waals surface area (Å²) < 4.78 is 5.32. The summed E-state index contributed by atoms with van der Waals surface area (Å²) in [5.41, 5.74) is 0.000425. The second-order valence-corrected chi connectivity index (χ2v) is 8.69. The SMILES string of the molecule is O=C(NCCSCc1ccco1)C12CC3CC(CC(C3)C1)C2. The molecule has 0 aliphatic heterocycles. The van der Waals surface area contributed by atoms with Crippen LogP contribution in [0.25, 0.3) is 0 Å². The van der Waals surface area contributed by atoms with Crippen molar-refractivity contribution in [3.63, 3.8) is 0 Å². The molecule has 4 saturated carbocycles. The average molecular weight is 319 g/mol. The second-order valence-electron chi connectivity index (χ2n) is 7.59. The number of furan rings is 1. The van der Waals surface area contributed by atoms with Gasteiger partial charge in [-0.15, -0.1) is 0 Å². The quantitative estimate of drug-likeness (QED) is 0.810. The minimum Gasteiger partial charge on any atom is -0.468 e. The van der Waals surface area contributed by atoms with Crippen molar-refractivity contribution in [2.24, 2.45) is 23.2 Å². The van der Waals surface area contributed by atoms with Crippen LogP contribution in [0.4, 0.5) is 0 Å². The zero-order valence-corrected chi connectivity index (χ0v) is 13.9. The smallest absolute Gasteiger partial charge is 0.226 e. The minimum absolute atomic E-state index is 0.000425. The van der Waals surface area contributed by atoms with E-state index in [9.17, 15) is 4.79 Å². The molecule has 4 aliphatic rings. The van der Waals surface area contributed by atoms with Gasteiger partial charge in [0.2, 0.25) is 5.91 Å². The van der Waals surface area contributed by atoms with Gasteiger partial charge in [-0.2, -0.15) is 11.8 Å². The van der Waals surface area contributed by atoms with Gasteiger partial charge in [-0.05, 0) is 68.4 Å². The Kier molecular flexibility index (Phi) is 3.97. The van der Waals surface area contributed by atoms with E-state index in [1.165, 1.54) is 19.3 Å². The lowest BCUT2D eigenvalue weighted by molar-refractivity contribution is -0.146. The van der Waals surface area contributed by atoms with Crippen molar-refractivity contribution in [3.8, 4) is 0 Å². The van der Waals surface area contributed by atoms with E-state index in [2.05, 4.69) is 5.32 Å². The van der Waals surface area contributed by atoms with Gasteiger partial charge < -0.3 is 9.73 Å². The van der Waals surface area contributed by atoms with Crippen LogP contribution in [0.1, 0.15) is 44.3 Å². The van der Waals surface area contributed by atoms with E-state index in [1.54, 1.807) is 6.26 Å². The predicted octanol–water partition coefficient (Wildman–Crippen LogP) is 3.85. The van der Waals surface area contributed by atoms with Crippen molar-refractivity contribution in [2.45, 2.75) is 44.3 Å². The van der Waals surface area contributed by atoms with Gasteiger partial charge in [0.15, 0.2) is 0 Å². The van der Waals surface area contributed by atoms with Crippen LogP contribution in [0, 0.1) is 23.2 Å². The second kappa shape index (κ2) is 5.95. The van der Waals surface area contributed by atoms with Gasteiger partial charge in [-0.25, -0.2) is 0 Å². The summed E-state index contributed by atoms with van der Waals surface area (Å²) in [5.74, 6) is 5.72. The van der Waals surface area contributed by atoms with Crippen LogP contribution < -0.4 is 5.32 Å². The molecule has 22 heavy (non-hydrogen) atoms. The fourth-order valence-corrected chi connectivity index (χ4v) is 6.14. The van der Waals surface area contributed by atoms with Gasteiger partial charge in [-0.1, -0.05) is 0 Å². The van der Waals surface area contributed by atoms with Crippen LogP contribution in [-0.4, -0.2) is 18.2 Å². The Morgan fingerprint density at radius 3 is 2.50 bits per heavy atom. The van der Waals surface area contributed by atoms with Gasteiger partial charge >= 0.3 is 0 Å². The molecule has 0 saturated heterocycles. The summed E-state index contributed by atoms with van der Waals surface area (Å²) in [6.07, 6.45) is 9.37. The highest BCUT2D eigenvalue weighted by molar-refractivity contribution is 7.98. The fourth-order valence-electron chi connectivity index (χ4n) is 5.38. The molecule has 1 heterocycles. The number of nitrogens with one attached hydrogen (secondary N) is 1. The number of amides is 1. The molecule has 4 bridgehead atoms. The molecule has 1 N–H and O–H groups in total. The summed E-state index contributed by atoms with van der Waals surface area (Å²) in [5, 5.41) is 3.23. The zero-order chi connectivity index (χ0) is 15.0. The molecule has 4 aliphatic carbocycles. The molecular formula is C18H25NO2S. The monoisotopic (exact) mass is 319 g/mol. The standard InChI is InChI=1S/C18H25NO2S/c20-17(19-3-5-22-12-16-2-1-4-21-16)18-9-13-6-14(10-18)8-15(7-13)11-18/h1-2,4,13-15H,3,5-12H2,(H,19,20). The third-order valence-electron chi connectivity index (χ3n) is 5.88. The molecule has 0 spiro atoms. The van der Waals surface area contributed by atoms with Crippen molar-refractivity contribution in [1.29, 1.82) is 0 Å². The Morgan fingerprint density at radius 2 is 1.91 bits per heavy atom. The predicted molar refractivity (Wildman–Crippen MR) is 88.5 cm³/mol. The highest BCUT2D eigenvalue weighted by Gasteiger charge is 2.54. The lowest BCUT2D eigenvalue weighted by atomic mass is 9.49. The highest BCUT2D eigenvalue weighted by Crippen LogP contribution is 2.60. The molecule has 0 aromatic carbocycles. The van der Waals surface area contributed by atoms with Crippen molar-refractivity contribution in [3.05, 3.63) is 24.2 Å². The molecule has 1 aromatic heterocycles. The first-order chi connectivity index (χ1) is 10.7. The van der Waals surface area contributed by atoms with E-state index >= 15 is 0 Å². The summed E-state index contributed by atoms with van der Waals surface area (Å²) in [4.78, 5) is 12.7. The van der Waals surface area contributed by atoms with Gasteiger partial charge in [0.25, 0.3) is 0 Å². The maximum absolute atomic E-state index is 12.7. The lowest BCUT2D eigenvalue weighted by Gasteiger charge is -2.55. The van der Waals surface area contributed by atoms with Gasteiger partial charge in [0.05, 0.1) is 12.0 Å². The number of hydrogen-bond acceptors (Lipinski definition) is 3. The number of hydrogen-bond donors (Lipinski definition) is 1. The summed E-state index contributed by atoms with van der Waals surface area (Å²) >= 11 is 1.82. The first-order valence-electron chi connectivity index (χ1n) is 8.62. The number of thioether (sulfide) groups is 1. The minimum atomic E-state index is 0.000425. The first-order valence-corrected chi connectivity index (χ1v) is 9.77. The Balaban J connectivity index is 1.24. The number of rotatable bonds is 6. The molecule has 120 valence electrons. The molecule has 0 unspecified atom stereocenters. The molecule has 4 heteroatoms. The summed E-state index contributed by atoms with van der Waals surface area (Å²) in [6, 6.07) is 3.92. The molecule has 1 amide bonds. The molecule has 0 radical (unpaired) electrons. The fraction of sp³-hybridized carbons (Fsp3) is 0.722. The number of carbonyl (C=O) groups is 1. The topological polar surface area (TPSA) is 42.2 Å². The van der Waals surface area contributed by atoms with Crippen LogP contribution in [0.15, 0.2) is 22.8 Å². The molecule has 5 rings (SSSR count). The Bertz CT molecular complexity index is 490. The Labute approximate surface area is 136 Å². The van der Waals surface area contributed by atoms with E-state index in [0.29, 0.717) is 5.91 Å². The van der Waals surface area contributed by atoms with Crippen LogP contribution >= 0.6 is 11.8 Å². The van der Waals surface area contributed by atoms with Crippen molar-refractivity contribution >= 4 is 17.7 Å². The van der Waals surface area contributed by atoms with Gasteiger partial charge in [0, 0.05) is 17.7 Å². The van der Waals surface area contributed by atoms with Crippen LogP contribution in [-0.2, 0) is 10.5 Å². The van der Waals surface area contributed by atoms with E-state index in [0.717, 1.165) is 60.8 Å². The summed E-state index contributed by atoms with van der Waals surface area (Å²) in [6.45, 7) is 0.784. The van der Waals surface area contributed by atoms with Crippen LogP contribution in [0.2, 0.25) is 0 Å². The molecule has 3 nitrogen and oxygen atoms in total. The van der Waals surface area contributed by atoms with Crippen LogP contribution in [0.5, 0.6) is 0 Å². The molecular weight excluding hydrogens is 294 g/mol. The average Bonchev–Trinajstić information content (AvgIpc) is 2.98. The highest BCUT2D eigenvalue weighted by atomic mass is 32.2. The lowest BCUT2D eigenvalue weighted by Crippen LogP contribution is -2.53. The molecule has 1 aromatic rings. The van der Waals surface area contributed by atoms with Gasteiger partial charge in [0.1, 0.15) is 5.76 Å². The van der Waals surface area contributed by atoms with E-state index in [1.807, 2.05) is 23.9 Å². The molecule has 0 atom stereocenters. The first kappa shape index (κ1) is 14.7. The zero-order valence-electron chi connectivity index (χ0n) is 13.1. The Hall–Kier alpha value is -0.900. The third kappa shape index (κ3) is 2.82. The summed E-state index contributed by atoms with van der Waals surface area (Å²) in [7, 11) is 0. The van der Waals surface area contributed by atoms with Crippen molar-refractivity contribution in [2.75, 3.05) is 12.3 Å². The maximum atomic E-state index is 12.7. The van der Waals surface area contributed by atoms with Gasteiger partial charge in [-0.3, -0.25) is 4.79 Å². The largest absolute Gasteiger partial charge is 0.468 e. The van der Waals surface area contributed by atoms with E-state index < -0.39 is 0 Å². The maximum Gasteiger partial charge on any atom is 0.226 e. The number of carbonyl (C=O) groups excluding carboxylic acids is 1. The normalized spacial score (nSPS) is 35.7. The van der Waals surface area contributed by atoms with Crippen molar-refractivity contribution < 1.29 is 9.21 Å². The Morgan fingerprint density at radius 1 is 1.23 bits per heavy atom. The molecule has 4 fully saturated rings. The third-order valence-corrected chi connectivity index (χ3v) is 6.86. The van der Waals surface area contributed by atoms with E-state index in [-0.39, 0.29) is 5.41 Å².